The SMILES string of the molecule is COC(=O)CCCCN(Cc1ccc(C(=O)OC)cc1)C[C@@H](C)OCc1ccc(CCC2CCCC2)cc1. The van der Waals surface area contributed by atoms with Gasteiger partial charge in [0.25, 0.3) is 0 Å². The largest absolute Gasteiger partial charge is 0.469 e. The molecule has 3 rings (SSSR count). The van der Waals surface area contributed by atoms with Crippen LogP contribution in [0.3, 0.4) is 0 Å². The Morgan fingerprint density at radius 1 is 0.895 bits per heavy atom. The summed E-state index contributed by atoms with van der Waals surface area (Å²) in [5, 5.41) is 0. The highest BCUT2D eigenvalue weighted by molar-refractivity contribution is 5.89. The number of methoxy groups -OCH3 is 2. The summed E-state index contributed by atoms with van der Waals surface area (Å²) in [4.78, 5) is 25.6. The first-order chi connectivity index (χ1) is 18.5. The molecule has 0 spiro atoms. The molecule has 1 fully saturated rings. The molecule has 1 atom stereocenters. The standard InChI is InChI=1S/C32H45NO5/c1-25(38-24-29-15-13-27(14-16-29)12-11-26-8-4-5-9-26)22-33(21-7-6-10-31(34)36-2)23-28-17-19-30(20-18-28)32(35)37-3/h13-20,25-26H,4-12,21-24H2,1-3H3/t25-/m1/s1. The van der Waals surface area contributed by atoms with Gasteiger partial charge in [0, 0.05) is 19.5 Å². The van der Waals surface area contributed by atoms with Crippen LogP contribution in [0.5, 0.6) is 0 Å². The molecule has 0 radical (unpaired) electrons. The minimum Gasteiger partial charge on any atom is -0.469 e. The Kier molecular flexibility index (Phi) is 12.8. The van der Waals surface area contributed by atoms with Crippen LogP contribution in [0.25, 0.3) is 0 Å². The molecule has 6 nitrogen and oxygen atoms in total. The van der Waals surface area contributed by atoms with Gasteiger partial charge in [-0.05, 0) is 73.9 Å². The zero-order valence-corrected chi connectivity index (χ0v) is 23.5. The van der Waals surface area contributed by atoms with Gasteiger partial charge in [-0.2, -0.15) is 0 Å². The molecule has 6 heteroatoms. The average molecular weight is 524 g/mol. The minimum atomic E-state index is -0.333. The summed E-state index contributed by atoms with van der Waals surface area (Å²) >= 11 is 0. The fourth-order valence-electron chi connectivity index (χ4n) is 5.19. The van der Waals surface area contributed by atoms with E-state index in [-0.39, 0.29) is 18.0 Å². The van der Waals surface area contributed by atoms with Crippen LogP contribution in [0, 0.1) is 5.92 Å². The third-order valence-corrected chi connectivity index (χ3v) is 7.50. The number of esters is 2. The first-order valence-corrected chi connectivity index (χ1v) is 14.1. The molecule has 2 aromatic carbocycles. The van der Waals surface area contributed by atoms with Crippen LogP contribution in [-0.4, -0.2) is 50.3 Å². The van der Waals surface area contributed by atoms with Crippen molar-refractivity contribution in [1.29, 1.82) is 0 Å². The summed E-state index contributed by atoms with van der Waals surface area (Å²) in [7, 11) is 2.81. The van der Waals surface area contributed by atoms with Gasteiger partial charge in [0.2, 0.25) is 0 Å². The fraction of sp³-hybridized carbons (Fsp3) is 0.562. The number of carbonyl (C=O) groups excluding carboxylic acids is 2. The normalized spacial score (nSPS) is 14.5. The van der Waals surface area contributed by atoms with E-state index < -0.39 is 0 Å². The highest BCUT2D eigenvalue weighted by atomic mass is 16.5. The number of unbranched alkanes of at least 4 members (excludes halogenated alkanes) is 1. The Hall–Kier alpha value is -2.70. The second kappa shape index (κ2) is 16.3. The van der Waals surface area contributed by atoms with Gasteiger partial charge in [-0.1, -0.05) is 62.1 Å². The van der Waals surface area contributed by atoms with E-state index >= 15 is 0 Å². The van der Waals surface area contributed by atoms with Gasteiger partial charge in [0.15, 0.2) is 0 Å². The Labute approximate surface area is 228 Å². The maximum absolute atomic E-state index is 11.8. The zero-order chi connectivity index (χ0) is 27.2. The summed E-state index contributed by atoms with van der Waals surface area (Å²) in [5.41, 5.74) is 4.28. The van der Waals surface area contributed by atoms with Gasteiger partial charge < -0.3 is 14.2 Å². The summed E-state index contributed by atoms with van der Waals surface area (Å²) in [6.45, 7) is 5.06. The summed E-state index contributed by atoms with van der Waals surface area (Å²) < 4.78 is 15.8. The van der Waals surface area contributed by atoms with E-state index in [9.17, 15) is 9.59 Å². The second-order valence-electron chi connectivity index (χ2n) is 10.6. The highest BCUT2D eigenvalue weighted by Gasteiger charge is 2.15. The van der Waals surface area contributed by atoms with Crippen molar-refractivity contribution in [1.82, 2.24) is 4.90 Å². The molecule has 0 bridgehead atoms. The van der Waals surface area contributed by atoms with Crippen molar-refractivity contribution in [2.75, 3.05) is 27.3 Å². The first kappa shape index (κ1) is 29.9. The summed E-state index contributed by atoms with van der Waals surface area (Å²) in [6.07, 6.45) is 10.3. The van der Waals surface area contributed by atoms with E-state index in [2.05, 4.69) is 36.1 Å². The number of carbonyl (C=O) groups is 2. The molecular weight excluding hydrogens is 478 g/mol. The van der Waals surface area contributed by atoms with Crippen LogP contribution in [0.15, 0.2) is 48.5 Å². The van der Waals surface area contributed by atoms with Gasteiger partial charge in [-0.25, -0.2) is 4.79 Å². The Balaban J connectivity index is 1.48. The molecule has 0 heterocycles. The van der Waals surface area contributed by atoms with E-state index in [1.807, 2.05) is 12.1 Å². The number of ether oxygens (including phenoxy) is 3. The molecule has 38 heavy (non-hydrogen) atoms. The Morgan fingerprint density at radius 3 is 2.21 bits per heavy atom. The third kappa shape index (κ3) is 10.6. The van der Waals surface area contributed by atoms with Gasteiger partial charge in [0.05, 0.1) is 32.5 Å². The molecule has 0 unspecified atom stereocenters. The van der Waals surface area contributed by atoms with Crippen molar-refractivity contribution in [3.05, 3.63) is 70.8 Å². The quantitative estimate of drug-likeness (QED) is 0.189. The van der Waals surface area contributed by atoms with Crippen LogP contribution in [0.1, 0.15) is 85.3 Å². The van der Waals surface area contributed by atoms with Crippen LogP contribution in [-0.2, 0) is 38.6 Å². The van der Waals surface area contributed by atoms with Gasteiger partial charge >= 0.3 is 11.9 Å². The maximum atomic E-state index is 11.8. The van der Waals surface area contributed by atoms with E-state index in [0.29, 0.717) is 18.6 Å². The van der Waals surface area contributed by atoms with E-state index in [1.165, 1.54) is 63.9 Å². The van der Waals surface area contributed by atoms with Crippen LogP contribution < -0.4 is 0 Å². The number of benzene rings is 2. The molecule has 0 amide bonds. The van der Waals surface area contributed by atoms with Crippen molar-refractivity contribution in [3.8, 4) is 0 Å². The van der Waals surface area contributed by atoms with Crippen molar-refractivity contribution in [3.63, 3.8) is 0 Å². The summed E-state index contributed by atoms with van der Waals surface area (Å²) in [5.74, 6) is 0.421. The maximum Gasteiger partial charge on any atom is 0.337 e. The molecule has 1 aliphatic carbocycles. The predicted octanol–water partition coefficient (Wildman–Crippen LogP) is 6.35. The Bertz CT molecular complexity index is 966. The molecule has 0 saturated heterocycles. The minimum absolute atomic E-state index is 0.0481. The molecule has 2 aromatic rings. The fourth-order valence-corrected chi connectivity index (χ4v) is 5.19. The number of hydrogen-bond donors (Lipinski definition) is 0. The van der Waals surface area contributed by atoms with Crippen molar-refractivity contribution >= 4 is 11.9 Å². The topological polar surface area (TPSA) is 65.1 Å². The van der Waals surface area contributed by atoms with Crippen LogP contribution >= 0.6 is 0 Å². The molecule has 1 aliphatic rings. The monoisotopic (exact) mass is 523 g/mol. The average Bonchev–Trinajstić information content (AvgIpc) is 3.47. The molecule has 0 aliphatic heterocycles. The lowest BCUT2D eigenvalue weighted by molar-refractivity contribution is -0.140. The second-order valence-corrected chi connectivity index (χ2v) is 10.6. The van der Waals surface area contributed by atoms with Crippen molar-refractivity contribution < 1.29 is 23.8 Å². The van der Waals surface area contributed by atoms with E-state index in [1.54, 1.807) is 12.1 Å². The number of rotatable bonds is 16. The molecular formula is C32H45NO5. The number of nitrogens with zero attached hydrogens (tertiary/aromatic N) is 1. The number of aryl methyl sites for hydroxylation is 1. The lowest BCUT2D eigenvalue weighted by Gasteiger charge is -2.26. The first-order valence-electron chi connectivity index (χ1n) is 14.1. The van der Waals surface area contributed by atoms with Gasteiger partial charge in [-0.3, -0.25) is 9.69 Å². The van der Waals surface area contributed by atoms with Crippen LogP contribution in [0.4, 0.5) is 0 Å². The molecule has 1 saturated carbocycles. The smallest absolute Gasteiger partial charge is 0.337 e. The van der Waals surface area contributed by atoms with Crippen LogP contribution in [0.2, 0.25) is 0 Å². The molecule has 0 aromatic heterocycles. The molecule has 0 N–H and O–H groups in total. The zero-order valence-electron chi connectivity index (χ0n) is 23.5. The third-order valence-electron chi connectivity index (χ3n) is 7.50. The van der Waals surface area contributed by atoms with E-state index in [0.717, 1.165) is 44.0 Å². The number of hydrogen-bond acceptors (Lipinski definition) is 6. The molecule has 208 valence electrons. The van der Waals surface area contributed by atoms with Crippen molar-refractivity contribution in [2.24, 2.45) is 5.92 Å². The lowest BCUT2D eigenvalue weighted by atomic mass is 9.98. The van der Waals surface area contributed by atoms with Crippen molar-refractivity contribution in [2.45, 2.75) is 84.0 Å². The van der Waals surface area contributed by atoms with Gasteiger partial charge in [-0.15, -0.1) is 0 Å². The highest BCUT2D eigenvalue weighted by Crippen LogP contribution is 2.28. The Morgan fingerprint density at radius 2 is 1.55 bits per heavy atom. The summed E-state index contributed by atoms with van der Waals surface area (Å²) in [6, 6.07) is 16.4. The van der Waals surface area contributed by atoms with E-state index in [4.69, 9.17) is 14.2 Å². The predicted molar refractivity (Wildman–Crippen MR) is 150 cm³/mol. The van der Waals surface area contributed by atoms with Gasteiger partial charge in [0.1, 0.15) is 0 Å². The lowest BCUT2D eigenvalue weighted by Crippen LogP contribution is -2.33.